The first-order valence-corrected chi connectivity index (χ1v) is 10.4. The fraction of sp³-hybridized carbons (Fsp3) is 0.450. The quantitative estimate of drug-likeness (QED) is 0.699. The summed E-state index contributed by atoms with van der Waals surface area (Å²) in [5, 5.41) is 5.10. The van der Waals surface area contributed by atoms with Crippen LogP contribution in [0.25, 0.3) is 0 Å². The molecule has 1 aromatic heterocycles. The zero-order valence-corrected chi connectivity index (χ0v) is 16.6. The molecule has 8 heteroatoms. The van der Waals surface area contributed by atoms with Crippen molar-refractivity contribution in [1.82, 2.24) is 9.88 Å². The SMILES string of the molecule is CCOC(=O)c1csc(CN(C(=O)Nc2cccc(F)c2)C2CCCCC2)n1. The molecule has 1 fully saturated rings. The zero-order chi connectivity index (χ0) is 19.9. The monoisotopic (exact) mass is 405 g/mol. The lowest BCUT2D eigenvalue weighted by Crippen LogP contribution is -2.43. The summed E-state index contributed by atoms with van der Waals surface area (Å²) < 4.78 is 18.4. The van der Waals surface area contributed by atoms with Crippen molar-refractivity contribution in [1.29, 1.82) is 0 Å². The van der Waals surface area contributed by atoms with Crippen LogP contribution >= 0.6 is 11.3 Å². The Hall–Kier alpha value is -2.48. The van der Waals surface area contributed by atoms with Crippen molar-refractivity contribution in [2.45, 2.75) is 51.6 Å². The average molecular weight is 405 g/mol. The molecule has 1 aromatic carbocycles. The summed E-state index contributed by atoms with van der Waals surface area (Å²) in [7, 11) is 0. The van der Waals surface area contributed by atoms with Crippen LogP contribution in [0.2, 0.25) is 0 Å². The Morgan fingerprint density at radius 3 is 2.82 bits per heavy atom. The van der Waals surface area contributed by atoms with Gasteiger partial charge >= 0.3 is 12.0 Å². The number of rotatable bonds is 6. The smallest absolute Gasteiger partial charge is 0.357 e. The minimum absolute atomic E-state index is 0.0947. The predicted octanol–water partition coefficient (Wildman–Crippen LogP) is 4.83. The number of ether oxygens (including phenoxy) is 1. The van der Waals surface area contributed by atoms with Crippen molar-refractivity contribution < 1.29 is 18.7 Å². The van der Waals surface area contributed by atoms with Crippen molar-refractivity contribution in [2.24, 2.45) is 0 Å². The molecule has 3 rings (SSSR count). The molecule has 2 amide bonds. The van der Waals surface area contributed by atoms with Crippen LogP contribution in [0.15, 0.2) is 29.6 Å². The lowest BCUT2D eigenvalue weighted by molar-refractivity contribution is 0.0520. The number of thiazole rings is 1. The molecule has 1 aliphatic rings. The van der Waals surface area contributed by atoms with E-state index in [0.717, 1.165) is 25.7 Å². The molecule has 1 aliphatic carbocycles. The van der Waals surface area contributed by atoms with E-state index in [4.69, 9.17) is 4.74 Å². The van der Waals surface area contributed by atoms with Gasteiger partial charge in [-0.1, -0.05) is 25.3 Å². The highest BCUT2D eigenvalue weighted by atomic mass is 32.1. The molecule has 0 aliphatic heterocycles. The number of urea groups is 1. The Morgan fingerprint density at radius 1 is 1.32 bits per heavy atom. The number of carbonyl (C=O) groups is 2. The van der Waals surface area contributed by atoms with Gasteiger partial charge in [0, 0.05) is 17.1 Å². The van der Waals surface area contributed by atoms with E-state index >= 15 is 0 Å². The van der Waals surface area contributed by atoms with E-state index in [9.17, 15) is 14.0 Å². The van der Waals surface area contributed by atoms with Crippen molar-refractivity contribution in [3.63, 3.8) is 0 Å². The molecule has 1 saturated carbocycles. The highest BCUT2D eigenvalue weighted by Crippen LogP contribution is 2.26. The first-order chi connectivity index (χ1) is 13.6. The topological polar surface area (TPSA) is 71.5 Å². The van der Waals surface area contributed by atoms with Crippen LogP contribution in [0.4, 0.5) is 14.9 Å². The standard InChI is InChI=1S/C20H24FN3O3S/c1-2-27-19(25)17-13-28-18(23-17)12-24(16-9-4-3-5-10-16)20(26)22-15-8-6-7-14(21)11-15/h6-8,11,13,16H,2-5,9-10,12H2,1H3,(H,22,26). The molecule has 0 unspecified atom stereocenters. The molecular formula is C20H24FN3O3S. The second-order valence-electron chi connectivity index (χ2n) is 6.71. The minimum Gasteiger partial charge on any atom is -0.461 e. The number of nitrogens with one attached hydrogen (secondary N) is 1. The summed E-state index contributed by atoms with van der Waals surface area (Å²) in [5.41, 5.74) is 0.674. The second-order valence-corrected chi connectivity index (χ2v) is 7.65. The maximum absolute atomic E-state index is 13.4. The lowest BCUT2D eigenvalue weighted by atomic mass is 9.94. The number of esters is 1. The number of nitrogens with zero attached hydrogens (tertiary/aromatic N) is 2. The molecule has 6 nitrogen and oxygen atoms in total. The number of aromatic nitrogens is 1. The van der Waals surface area contributed by atoms with Gasteiger partial charge in [0.05, 0.1) is 13.2 Å². The summed E-state index contributed by atoms with van der Waals surface area (Å²) in [6.45, 7) is 2.33. The Morgan fingerprint density at radius 2 is 2.11 bits per heavy atom. The van der Waals surface area contributed by atoms with Gasteiger partial charge in [-0.25, -0.2) is 19.0 Å². The summed E-state index contributed by atoms with van der Waals surface area (Å²) in [6, 6.07) is 5.65. The molecule has 0 atom stereocenters. The van der Waals surface area contributed by atoms with E-state index in [0.29, 0.717) is 17.2 Å². The molecular weight excluding hydrogens is 381 g/mol. The van der Waals surface area contributed by atoms with Crippen molar-refractivity contribution in [3.8, 4) is 0 Å². The first kappa shape index (κ1) is 20.3. The number of hydrogen-bond donors (Lipinski definition) is 1. The van der Waals surface area contributed by atoms with Gasteiger partial charge in [0.2, 0.25) is 0 Å². The third-order valence-electron chi connectivity index (χ3n) is 4.69. The maximum atomic E-state index is 13.4. The number of halogens is 1. The van der Waals surface area contributed by atoms with E-state index < -0.39 is 11.8 Å². The predicted molar refractivity (Wildman–Crippen MR) is 106 cm³/mol. The molecule has 0 spiro atoms. The number of carbonyl (C=O) groups excluding carboxylic acids is 2. The normalized spacial score (nSPS) is 14.5. The second kappa shape index (κ2) is 9.64. The molecule has 1 N–H and O–H groups in total. The molecule has 2 aromatic rings. The van der Waals surface area contributed by atoms with Gasteiger partial charge in [0.1, 0.15) is 10.8 Å². The van der Waals surface area contributed by atoms with Crippen LogP contribution in [0, 0.1) is 5.82 Å². The lowest BCUT2D eigenvalue weighted by Gasteiger charge is -2.33. The van der Waals surface area contributed by atoms with E-state index in [1.165, 1.54) is 29.9 Å². The fourth-order valence-electron chi connectivity index (χ4n) is 3.35. The Bertz CT molecular complexity index is 821. The van der Waals surface area contributed by atoms with Crippen LogP contribution in [-0.2, 0) is 11.3 Å². The van der Waals surface area contributed by atoms with E-state index in [1.807, 2.05) is 0 Å². The Balaban J connectivity index is 1.75. The summed E-state index contributed by atoms with van der Waals surface area (Å²) in [5.74, 6) is -0.862. The van der Waals surface area contributed by atoms with E-state index in [1.54, 1.807) is 29.3 Å². The van der Waals surface area contributed by atoms with Crippen LogP contribution in [-0.4, -0.2) is 34.5 Å². The highest BCUT2D eigenvalue weighted by molar-refractivity contribution is 7.09. The van der Waals surface area contributed by atoms with Gasteiger partial charge in [-0.2, -0.15) is 0 Å². The molecule has 150 valence electrons. The summed E-state index contributed by atoms with van der Waals surface area (Å²) in [6.07, 6.45) is 5.15. The van der Waals surface area contributed by atoms with E-state index in [-0.39, 0.29) is 24.4 Å². The van der Waals surface area contributed by atoms with Gasteiger partial charge in [0.25, 0.3) is 0 Å². The summed E-state index contributed by atoms with van der Waals surface area (Å²) >= 11 is 1.33. The highest BCUT2D eigenvalue weighted by Gasteiger charge is 2.27. The largest absolute Gasteiger partial charge is 0.461 e. The van der Waals surface area contributed by atoms with Gasteiger partial charge < -0.3 is 15.0 Å². The first-order valence-electron chi connectivity index (χ1n) is 9.51. The third-order valence-corrected chi connectivity index (χ3v) is 5.53. The molecule has 0 bridgehead atoms. The molecule has 1 heterocycles. The number of amides is 2. The van der Waals surface area contributed by atoms with Crippen molar-refractivity contribution >= 4 is 29.0 Å². The fourth-order valence-corrected chi connectivity index (χ4v) is 4.11. The van der Waals surface area contributed by atoms with Crippen LogP contribution in [0.3, 0.4) is 0 Å². The Kier molecular flexibility index (Phi) is 6.97. The minimum atomic E-state index is -0.460. The van der Waals surface area contributed by atoms with Crippen LogP contribution in [0.5, 0.6) is 0 Å². The van der Waals surface area contributed by atoms with Crippen molar-refractivity contribution in [2.75, 3.05) is 11.9 Å². The molecule has 28 heavy (non-hydrogen) atoms. The maximum Gasteiger partial charge on any atom is 0.357 e. The van der Waals surface area contributed by atoms with Gasteiger partial charge in [0.15, 0.2) is 5.69 Å². The summed E-state index contributed by atoms with van der Waals surface area (Å²) in [4.78, 5) is 30.9. The molecule has 0 radical (unpaired) electrons. The van der Waals surface area contributed by atoms with Crippen molar-refractivity contribution in [3.05, 3.63) is 46.2 Å². The Labute approximate surface area is 167 Å². The van der Waals surface area contributed by atoms with Gasteiger partial charge in [-0.05, 0) is 38.0 Å². The van der Waals surface area contributed by atoms with E-state index in [2.05, 4.69) is 10.3 Å². The number of hydrogen-bond acceptors (Lipinski definition) is 5. The van der Waals surface area contributed by atoms with Crippen LogP contribution in [0.1, 0.15) is 54.5 Å². The number of anilines is 1. The van der Waals surface area contributed by atoms with Crippen LogP contribution < -0.4 is 5.32 Å². The number of benzene rings is 1. The van der Waals surface area contributed by atoms with Gasteiger partial charge in [-0.3, -0.25) is 0 Å². The zero-order valence-electron chi connectivity index (χ0n) is 15.8. The average Bonchev–Trinajstić information content (AvgIpc) is 3.16. The van der Waals surface area contributed by atoms with Gasteiger partial charge in [-0.15, -0.1) is 11.3 Å². The molecule has 0 saturated heterocycles. The third kappa shape index (κ3) is 5.28.